The van der Waals surface area contributed by atoms with Crippen LogP contribution in [0.5, 0.6) is 0 Å². The van der Waals surface area contributed by atoms with Crippen LogP contribution in [0.2, 0.25) is 0 Å². The maximum absolute atomic E-state index is 5.56. The predicted octanol–water partition coefficient (Wildman–Crippen LogP) is 1.48. The number of hydrogen-bond acceptors (Lipinski definition) is 3. The summed E-state index contributed by atoms with van der Waals surface area (Å²) >= 11 is 0. The average Bonchev–Trinajstić information content (AvgIpc) is 2.25. The molecule has 1 rings (SSSR count). The number of nitrogens with zero attached hydrogens (tertiary/aromatic N) is 1. The molecule has 2 unspecified atom stereocenters. The van der Waals surface area contributed by atoms with Crippen molar-refractivity contribution in [1.82, 2.24) is 10.2 Å². The number of nitrogens with one attached hydrogen (secondary N) is 1. The molecule has 1 fully saturated rings. The Morgan fingerprint density at radius 2 is 2.13 bits per heavy atom. The summed E-state index contributed by atoms with van der Waals surface area (Å²) in [6.45, 7) is 12.9. The van der Waals surface area contributed by atoms with E-state index in [1.807, 2.05) is 0 Å². The molecule has 0 bridgehead atoms. The second-order valence-electron chi connectivity index (χ2n) is 4.79. The third-order valence-corrected chi connectivity index (χ3v) is 3.19. The zero-order valence-electron chi connectivity index (χ0n) is 10.6. The molecule has 3 heteroatoms. The second kappa shape index (κ2) is 6.46. The Morgan fingerprint density at radius 1 is 1.40 bits per heavy atom. The molecule has 1 aliphatic heterocycles. The van der Waals surface area contributed by atoms with Crippen molar-refractivity contribution < 1.29 is 4.74 Å². The van der Waals surface area contributed by atoms with E-state index in [2.05, 4.69) is 37.9 Å². The van der Waals surface area contributed by atoms with Crippen molar-refractivity contribution in [3.8, 4) is 0 Å². The topological polar surface area (TPSA) is 24.5 Å². The molecule has 1 heterocycles. The fourth-order valence-corrected chi connectivity index (χ4v) is 2.03. The molecule has 90 valence electrons. The molecule has 0 aliphatic carbocycles. The Morgan fingerprint density at radius 3 is 2.73 bits per heavy atom. The third kappa shape index (κ3) is 4.09. The lowest BCUT2D eigenvalue weighted by molar-refractivity contribution is -0.0258. The molecule has 1 N–H and O–H groups in total. The Balaban J connectivity index is 2.42. The molecular formula is C12H26N2O. The van der Waals surface area contributed by atoms with E-state index in [1.165, 1.54) is 6.42 Å². The van der Waals surface area contributed by atoms with Gasteiger partial charge in [0.1, 0.15) is 0 Å². The number of ether oxygens (including phenoxy) is 1. The van der Waals surface area contributed by atoms with E-state index in [1.54, 1.807) is 0 Å². The van der Waals surface area contributed by atoms with Crippen LogP contribution in [0, 0.1) is 0 Å². The molecule has 0 aromatic rings. The van der Waals surface area contributed by atoms with Crippen molar-refractivity contribution in [2.45, 2.75) is 52.2 Å². The molecular weight excluding hydrogens is 188 g/mol. The van der Waals surface area contributed by atoms with Gasteiger partial charge in [-0.05, 0) is 13.3 Å². The van der Waals surface area contributed by atoms with Gasteiger partial charge in [0.05, 0.1) is 13.2 Å². The van der Waals surface area contributed by atoms with Gasteiger partial charge in [0.25, 0.3) is 0 Å². The van der Waals surface area contributed by atoms with Crippen LogP contribution >= 0.6 is 0 Å². The SMILES string of the molecule is CCC(C)N1CCOCC1CNC(C)C. The van der Waals surface area contributed by atoms with Gasteiger partial charge in [-0.15, -0.1) is 0 Å². The highest BCUT2D eigenvalue weighted by Gasteiger charge is 2.25. The van der Waals surface area contributed by atoms with E-state index < -0.39 is 0 Å². The zero-order chi connectivity index (χ0) is 11.3. The Bertz CT molecular complexity index is 173. The lowest BCUT2D eigenvalue weighted by atomic mass is 10.1. The predicted molar refractivity (Wildman–Crippen MR) is 64.2 cm³/mol. The first-order chi connectivity index (χ1) is 7.15. The summed E-state index contributed by atoms with van der Waals surface area (Å²) in [7, 11) is 0. The quantitative estimate of drug-likeness (QED) is 0.750. The molecule has 1 saturated heterocycles. The van der Waals surface area contributed by atoms with Gasteiger partial charge in [-0.2, -0.15) is 0 Å². The summed E-state index contributed by atoms with van der Waals surface area (Å²) in [5, 5.41) is 3.50. The Kier molecular flexibility index (Phi) is 5.58. The lowest BCUT2D eigenvalue weighted by Gasteiger charge is -2.39. The monoisotopic (exact) mass is 214 g/mol. The van der Waals surface area contributed by atoms with Crippen LogP contribution in [-0.4, -0.2) is 49.3 Å². The highest BCUT2D eigenvalue weighted by molar-refractivity contribution is 4.81. The van der Waals surface area contributed by atoms with Crippen LogP contribution < -0.4 is 5.32 Å². The Labute approximate surface area is 94.2 Å². The second-order valence-corrected chi connectivity index (χ2v) is 4.79. The van der Waals surface area contributed by atoms with Crippen LogP contribution in [0.25, 0.3) is 0 Å². The summed E-state index contributed by atoms with van der Waals surface area (Å²) in [4.78, 5) is 2.58. The highest BCUT2D eigenvalue weighted by atomic mass is 16.5. The fourth-order valence-electron chi connectivity index (χ4n) is 2.03. The smallest absolute Gasteiger partial charge is 0.0634 e. The number of morpholine rings is 1. The van der Waals surface area contributed by atoms with Crippen molar-refractivity contribution >= 4 is 0 Å². The zero-order valence-corrected chi connectivity index (χ0v) is 10.6. The molecule has 0 aromatic carbocycles. The third-order valence-electron chi connectivity index (χ3n) is 3.19. The first-order valence-electron chi connectivity index (χ1n) is 6.22. The van der Waals surface area contributed by atoms with Gasteiger partial charge in [0.2, 0.25) is 0 Å². The largest absolute Gasteiger partial charge is 0.378 e. The van der Waals surface area contributed by atoms with E-state index in [0.717, 1.165) is 26.3 Å². The molecule has 3 nitrogen and oxygen atoms in total. The number of rotatable bonds is 5. The summed E-state index contributed by atoms with van der Waals surface area (Å²) in [6.07, 6.45) is 1.22. The van der Waals surface area contributed by atoms with Gasteiger partial charge in [-0.1, -0.05) is 20.8 Å². The van der Waals surface area contributed by atoms with E-state index in [-0.39, 0.29) is 0 Å². The fraction of sp³-hybridized carbons (Fsp3) is 1.00. The van der Waals surface area contributed by atoms with Crippen LogP contribution in [0.1, 0.15) is 34.1 Å². The van der Waals surface area contributed by atoms with Crippen molar-refractivity contribution in [3.63, 3.8) is 0 Å². The highest BCUT2D eigenvalue weighted by Crippen LogP contribution is 2.12. The van der Waals surface area contributed by atoms with Crippen molar-refractivity contribution in [3.05, 3.63) is 0 Å². The van der Waals surface area contributed by atoms with Gasteiger partial charge < -0.3 is 10.1 Å². The molecule has 0 radical (unpaired) electrons. The summed E-state index contributed by atoms with van der Waals surface area (Å²) in [5.41, 5.74) is 0. The Hall–Kier alpha value is -0.120. The van der Waals surface area contributed by atoms with Gasteiger partial charge in [-0.3, -0.25) is 4.90 Å². The van der Waals surface area contributed by atoms with Crippen molar-refractivity contribution in [2.75, 3.05) is 26.3 Å². The van der Waals surface area contributed by atoms with Gasteiger partial charge >= 0.3 is 0 Å². The minimum absolute atomic E-state index is 0.552. The van der Waals surface area contributed by atoms with Gasteiger partial charge in [-0.25, -0.2) is 0 Å². The average molecular weight is 214 g/mol. The van der Waals surface area contributed by atoms with Gasteiger partial charge in [0.15, 0.2) is 0 Å². The standard InChI is InChI=1S/C12H26N2O/c1-5-11(4)14-6-7-15-9-12(14)8-13-10(2)3/h10-13H,5-9H2,1-4H3. The summed E-state index contributed by atoms with van der Waals surface area (Å²) in [5.74, 6) is 0. The summed E-state index contributed by atoms with van der Waals surface area (Å²) in [6, 6.07) is 1.79. The van der Waals surface area contributed by atoms with E-state index >= 15 is 0 Å². The normalized spacial score (nSPS) is 25.8. The van der Waals surface area contributed by atoms with E-state index in [4.69, 9.17) is 4.74 Å². The van der Waals surface area contributed by atoms with Gasteiger partial charge in [0, 0.05) is 31.2 Å². The van der Waals surface area contributed by atoms with E-state index in [9.17, 15) is 0 Å². The van der Waals surface area contributed by atoms with E-state index in [0.29, 0.717) is 18.1 Å². The molecule has 2 atom stereocenters. The lowest BCUT2D eigenvalue weighted by Crippen LogP contribution is -2.54. The summed E-state index contributed by atoms with van der Waals surface area (Å²) < 4.78 is 5.56. The maximum Gasteiger partial charge on any atom is 0.0634 e. The molecule has 15 heavy (non-hydrogen) atoms. The van der Waals surface area contributed by atoms with Crippen molar-refractivity contribution in [2.24, 2.45) is 0 Å². The van der Waals surface area contributed by atoms with Crippen LogP contribution in [0.15, 0.2) is 0 Å². The van der Waals surface area contributed by atoms with Crippen LogP contribution in [0.4, 0.5) is 0 Å². The molecule has 1 aliphatic rings. The van der Waals surface area contributed by atoms with Crippen LogP contribution in [-0.2, 0) is 4.74 Å². The van der Waals surface area contributed by atoms with Crippen LogP contribution in [0.3, 0.4) is 0 Å². The molecule has 0 aromatic heterocycles. The van der Waals surface area contributed by atoms with Crippen molar-refractivity contribution in [1.29, 1.82) is 0 Å². The minimum Gasteiger partial charge on any atom is -0.378 e. The minimum atomic E-state index is 0.552. The first kappa shape index (κ1) is 12.9. The molecule has 0 spiro atoms. The molecule has 0 saturated carbocycles. The number of hydrogen-bond donors (Lipinski definition) is 1. The molecule has 0 amide bonds. The first-order valence-corrected chi connectivity index (χ1v) is 6.22. The maximum atomic E-state index is 5.56.